The van der Waals surface area contributed by atoms with Crippen molar-refractivity contribution < 1.29 is 0 Å². The van der Waals surface area contributed by atoms with Gasteiger partial charge < -0.3 is 5.32 Å². The quantitative estimate of drug-likeness (QED) is 0.830. The predicted octanol–water partition coefficient (Wildman–Crippen LogP) is 5.03. The largest absolute Gasteiger partial charge is 0.307 e. The number of benzene rings is 2. The lowest BCUT2D eigenvalue weighted by molar-refractivity contribution is 0.185. The zero-order valence-corrected chi connectivity index (χ0v) is 15.4. The van der Waals surface area contributed by atoms with Crippen molar-refractivity contribution in [2.75, 3.05) is 13.1 Å². The molecule has 1 aliphatic heterocycles. The molecule has 24 heavy (non-hydrogen) atoms. The minimum atomic E-state index is 0.437. The molecular formula is C22H32N2. The summed E-state index contributed by atoms with van der Waals surface area (Å²) in [6.07, 6.45) is 2.48. The fraction of sp³-hybridized carbons (Fsp3) is 0.455. The van der Waals surface area contributed by atoms with Crippen molar-refractivity contribution in [1.82, 2.24) is 10.2 Å². The lowest BCUT2D eigenvalue weighted by Crippen LogP contribution is -2.42. The van der Waals surface area contributed by atoms with Gasteiger partial charge in [0.2, 0.25) is 0 Å². The molecule has 0 radical (unpaired) electrons. The van der Waals surface area contributed by atoms with E-state index in [0.717, 1.165) is 6.54 Å². The van der Waals surface area contributed by atoms with Gasteiger partial charge in [-0.25, -0.2) is 0 Å². The molecule has 1 heterocycles. The number of nitrogens with zero attached hydrogens (tertiary/aromatic N) is 1. The molecule has 1 atom stereocenters. The number of piperidine rings is 1. The average Bonchev–Trinajstić information content (AvgIpc) is 2.66. The molecule has 130 valence electrons. The van der Waals surface area contributed by atoms with E-state index in [0.29, 0.717) is 12.1 Å². The molecule has 0 aromatic heterocycles. The SMILES string of the molecule is CC.CC(NC1CCN(Cc2ccccc2)CC1)c1ccccc1. The Hall–Kier alpha value is -1.64. The van der Waals surface area contributed by atoms with Crippen LogP contribution >= 0.6 is 0 Å². The lowest BCUT2D eigenvalue weighted by atomic mass is 10.0. The zero-order chi connectivity index (χ0) is 17.2. The molecule has 1 aliphatic rings. The second-order valence-electron chi connectivity index (χ2n) is 6.34. The number of rotatable bonds is 5. The van der Waals surface area contributed by atoms with Crippen LogP contribution in [-0.4, -0.2) is 24.0 Å². The monoisotopic (exact) mass is 324 g/mol. The molecule has 0 spiro atoms. The minimum Gasteiger partial charge on any atom is -0.307 e. The van der Waals surface area contributed by atoms with Gasteiger partial charge in [-0.15, -0.1) is 0 Å². The van der Waals surface area contributed by atoms with E-state index in [1.165, 1.54) is 37.1 Å². The molecule has 0 bridgehead atoms. The summed E-state index contributed by atoms with van der Waals surface area (Å²) in [6.45, 7) is 9.73. The molecule has 1 saturated heterocycles. The van der Waals surface area contributed by atoms with Crippen LogP contribution in [0, 0.1) is 0 Å². The predicted molar refractivity (Wildman–Crippen MR) is 104 cm³/mol. The first-order valence-electron chi connectivity index (χ1n) is 9.38. The van der Waals surface area contributed by atoms with Crippen molar-refractivity contribution in [3.63, 3.8) is 0 Å². The molecule has 2 aromatic rings. The molecule has 2 nitrogen and oxygen atoms in total. The molecule has 0 amide bonds. The Morgan fingerprint density at radius 3 is 2.04 bits per heavy atom. The lowest BCUT2D eigenvalue weighted by Gasteiger charge is -2.34. The summed E-state index contributed by atoms with van der Waals surface area (Å²) >= 11 is 0. The van der Waals surface area contributed by atoms with Gasteiger partial charge in [0, 0.05) is 18.6 Å². The Labute approximate surface area is 147 Å². The van der Waals surface area contributed by atoms with Gasteiger partial charge in [-0.3, -0.25) is 4.90 Å². The Kier molecular flexibility index (Phi) is 8.00. The number of likely N-dealkylation sites (tertiary alicyclic amines) is 1. The normalized spacial score (nSPS) is 17.0. The first-order valence-corrected chi connectivity index (χ1v) is 9.38. The summed E-state index contributed by atoms with van der Waals surface area (Å²) in [7, 11) is 0. The fourth-order valence-corrected chi connectivity index (χ4v) is 3.29. The van der Waals surface area contributed by atoms with Crippen LogP contribution in [0.2, 0.25) is 0 Å². The van der Waals surface area contributed by atoms with E-state index in [9.17, 15) is 0 Å². The average molecular weight is 325 g/mol. The second kappa shape index (κ2) is 10.3. The highest BCUT2D eigenvalue weighted by Crippen LogP contribution is 2.18. The minimum absolute atomic E-state index is 0.437. The second-order valence-corrected chi connectivity index (χ2v) is 6.34. The molecule has 1 fully saturated rings. The van der Waals surface area contributed by atoms with Gasteiger partial charge in [0.15, 0.2) is 0 Å². The molecule has 2 aromatic carbocycles. The fourth-order valence-electron chi connectivity index (χ4n) is 3.29. The third-order valence-corrected chi connectivity index (χ3v) is 4.62. The first-order chi connectivity index (χ1) is 11.8. The molecule has 1 unspecified atom stereocenters. The van der Waals surface area contributed by atoms with E-state index in [-0.39, 0.29) is 0 Å². The maximum absolute atomic E-state index is 3.79. The van der Waals surface area contributed by atoms with Crippen LogP contribution in [0.3, 0.4) is 0 Å². The molecule has 2 heteroatoms. The highest BCUT2D eigenvalue weighted by molar-refractivity contribution is 5.18. The molecule has 3 rings (SSSR count). The Morgan fingerprint density at radius 2 is 1.46 bits per heavy atom. The van der Waals surface area contributed by atoms with Crippen LogP contribution in [0.5, 0.6) is 0 Å². The van der Waals surface area contributed by atoms with Crippen LogP contribution < -0.4 is 5.32 Å². The summed E-state index contributed by atoms with van der Waals surface area (Å²) in [5.41, 5.74) is 2.81. The Morgan fingerprint density at radius 1 is 0.917 bits per heavy atom. The zero-order valence-electron chi connectivity index (χ0n) is 15.4. The maximum Gasteiger partial charge on any atom is 0.0294 e. The number of hydrogen-bond acceptors (Lipinski definition) is 2. The van der Waals surface area contributed by atoms with E-state index in [2.05, 4.69) is 77.8 Å². The van der Waals surface area contributed by atoms with Gasteiger partial charge in [-0.05, 0) is 44.0 Å². The van der Waals surface area contributed by atoms with E-state index >= 15 is 0 Å². The van der Waals surface area contributed by atoms with Crippen LogP contribution in [0.15, 0.2) is 60.7 Å². The van der Waals surface area contributed by atoms with Crippen LogP contribution in [-0.2, 0) is 6.54 Å². The Balaban J connectivity index is 0.00000100. The Bertz CT molecular complexity index is 545. The molecule has 0 aliphatic carbocycles. The van der Waals surface area contributed by atoms with Crippen LogP contribution in [0.1, 0.15) is 50.8 Å². The smallest absolute Gasteiger partial charge is 0.0294 e. The summed E-state index contributed by atoms with van der Waals surface area (Å²) in [5.74, 6) is 0. The van der Waals surface area contributed by atoms with Gasteiger partial charge in [-0.1, -0.05) is 74.5 Å². The number of hydrogen-bond donors (Lipinski definition) is 1. The summed E-state index contributed by atoms with van der Waals surface area (Å²) in [4.78, 5) is 2.57. The summed E-state index contributed by atoms with van der Waals surface area (Å²) in [5, 5.41) is 3.79. The van der Waals surface area contributed by atoms with Crippen LogP contribution in [0.4, 0.5) is 0 Å². The highest BCUT2D eigenvalue weighted by atomic mass is 15.1. The topological polar surface area (TPSA) is 15.3 Å². The van der Waals surface area contributed by atoms with Crippen molar-refractivity contribution in [3.05, 3.63) is 71.8 Å². The third kappa shape index (κ3) is 5.77. The van der Waals surface area contributed by atoms with E-state index in [1.807, 2.05) is 13.8 Å². The number of nitrogens with one attached hydrogen (secondary N) is 1. The molecule has 1 N–H and O–H groups in total. The maximum atomic E-state index is 3.79. The highest BCUT2D eigenvalue weighted by Gasteiger charge is 2.20. The van der Waals surface area contributed by atoms with Gasteiger partial charge >= 0.3 is 0 Å². The van der Waals surface area contributed by atoms with Gasteiger partial charge in [0.25, 0.3) is 0 Å². The molecular weight excluding hydrogens is 292 g/mol. The van der Waals surface area contributed by atoms with E-state index in [4.69, 9.17) is 0 Å². The first kappa shape index (κ1) is 18.7. The standard InChI is InChI=1S/C20H26N2.C2H6/c1-17(19-10-6-3-7-11-19)21-20-12-14-22(15-13-20)16-18-8-4-2-5-9-18;1-2/h2-11,17,20-21H,12-16H2,1H3;1-2H3. The van der Waals surface area contributed by atoms with Gasteiger partial charge in [0.1, 0.15) is 0 Å². The van der Waals surface area contributed by atoms with Gasteiger partial charge in [0.05, 0.1) is 0 Å². The van der Waals surface area contributed by atoms with E-state index in [1.54, 1.807) is 0 Å². The van der Waals surface area contributed by atoms with E-state index < -0.39 is 0 Å². The van der Waals surface area contributed by atoms with Gasteiger partial charge in [-0.2, -0.15) is 0 Å². The van der Waals surface area contributed by atoms with Crippen molar-refractivity contribution in [1.29, 1.82) is 0 Å². The third-order valence-electron chi connectivity index (χ3n) is 4.62. The van der Waals surface area contributed by atoms with Crippen molar-refractivity contribution >= 4 is 0 Å². The van der Waals surface area contributed by atoms with Crippen molar-refractivity contribution in [2.24, 2.45) is 0 Å². The van der Waals surface area contributed by atoms with Crippen molar-refractivity contribution in [2.45, 2.75) is 52.2 Å². The van der Waals surface area contributed by atoms with Crippen LogP contribution in [0.25, 0.3) is 0 Å². The molecule has 0 saturated carbocycles. The summed E-state index contributed by atoms with van der Waals surface area (Å²) in [6, 6.07) is 22.6. The van der Waals surface area contributed by atoms with Crippen molar-refractivity contribution in [3.8, 4) is 0 Å². The summed E-state index contributed by atoms with van der Waals surface area (Å²) < 4.78 is 0.